The van der Waals surface area contributed by atoms with Crippen LogP contribution in [0.3, 0.4) is 0 Å². The van der Waals surface area contributed by atoms with Crippen molar-refractivity contribution in [2.45, 2.75) is 50.2 Å². The van der Waals surface area contributed by atoms with E-state index in [2.05, 4.69) is 33.4 Å². The molecular weight excluding hydrogens is 398 g/mol. The lowest BCUT2D eigenvalue weighted by molar-refractivity contribution is -0.134. The molecule has 5 nitrogen and oxygen atoms in total. The average Bonchev–Trinajstić information content (AvgIpc) is 3.18. The highest BCUT2D eigenvalue weighted by molar-refractivity contribution is 9.10. The minimum atomic E-state index is -0.474. The van der Waals surface area contributed by atoms with Gasteiger partial charge in [0.15, 0.2) is 0 Å². The third kappa shape index (κ3) is 5.06. The van der Waals surface area contributed by atoms with Crippen LogP contribution in [0.2, 0.25) is 0 Å². The molecule has 1 aromatic rings. The van der Waals surface area contributed by atoms with Crippen LogP contribution < -0.4 is 5.32 Å². The minimum Gasteiger partial charge on any atom is -0.381 e. The van der Waals surface area contributed by atoms with Crippen molar-refractivity contribution in [3.05, 3.63) is 34.3 Å². The van der Waals surface area contributed by atoms with Crippen molar-refractivity contribution in [3.8, 4) is 0 Å². The Balaban J connectivity index is 1.57. The molecule has 0 radical (unpaired) electrons. The summed E-state index contributed by atoms with van der Waals surface area (Å²) in [5.41, 5.74) is 1.15. The molecule has 0 aliphatic carbocycles. The van der Waals surface area contributed by atoms with Crippen LogP contribution in [-0.4, -0.2) is 51.1 Å². The monoisotopic (exact) mass is 425 g/mol. The molecule has 2 aliphatic heterocycles. The molecule has 2 unspecified atom stereocenters. The molecule has 1 aromatic carbocycles. The molecule has 2 heterocycles. The van der Waals surface area contributed by atoms with E-state index >= 15 is 0 Å². The molecular formula is C20H28BrNO4. The maximum absolute atomic E-state index is 12.5. The normalized spacial score (nSPS) is 23.5. The van der Waals surface area contributed by atoms with Crippen LogP contribution in [0.5, 0.6) is 0 Å². The molecule has 26 heavy (non-hydrogen) atoms. The van der Waals surface area contributed by atoms with Crippen LogP contribution in [0.4, 0.5) is 0 Å². The second-order valence-electron chi connectivity index (χ2n) is 7.23. The maximum atomic E-state index is 12.5. The Morgan fingerprint density at radius 3 is 2.88 bits per heavy atom. The molecule has 3 rings (SSSR count). The predicted octanol–water partition coefficient (Wildman–Crippen LogP) is 3.20. The highest BCUT2D eigenvalue weighted by Gasteiger charge is 2.35. The topological polar surface area (TPSA) is 56.8 Å². The Bertz CT molecular complexity index is 597. The lowest BCUT2D eigenvalue weighted by Crippen LogP contribution is -2.47. The Morgan fingerprint density at radius 2 is 2.19 bits per heavy atom. The summed E-state index contributed by atoms with van der Waals surface area (Å²) < 4.78 is 17.9. The Labute approximate surface area is 163 Å². The van der Waals surface area contributed by atoms with Gasteiger partial charge in [-0.15, -0.1) is 0 Å². The number of nitrogens with one attached hydrogen (secondary N) is 1. The average molecular weight is 426 g/mol. The maximum Gasteiger partial charge on any atom is 0.248 e. The first kappa shape index (κ1) is 19.8. The SMILES string of the molecule is CC(OCC1CCCO1)C(=O)NCC1(c2cccc(Br)c2)CCOCC1. The second-order valence-corrected chi connectivity index (χ2v) is 8.15. The van der Waals surface area contributed by atoms with Gasteiger partial charge in [0.05, 0.1) is 12.7 Å². The summed E-state index contributed by atoms with van der Waals surface area (Å²) in [6.45, 7) is 5.12. The molecule has 2 saturated heterocycles. The van der Waals surface area contributed by atoms with Gasteiger partial charge in [-0.05, 0) is 50.3 Å². The molecule has 6 heteroatoms. The molecule has 2 atom stereocenters. The van der Waals surface area contributed by atoms with E-state index in [1.165, 1.54) is 5.56 Å². The van der Waals surface area contributed by atoms with Gasteiger partial charge in [0, 0.05) is 36.3 Å². The van der Waals surface area contributed by atoms with Crippen LogP contribution in [0.25, 0.3) is 0 Å². The lowest BCUT2D eigenvalue weighted by atomic mass is 9.74. The zero-order chi connectivity index (χ0) is 18.4. The summed E-state index contributed by atoms with van der Waals surface area (Å²) in [6, 6.07) is 8.36. The zero-order valence-electron chi connectivity index (χ0n) is 15.3. The smallest absolute Gasteiger partial charge is 0.248 e. The summed E-state index contributed by atoms with van der Waals surface area (Å²) in [5, 5.41) is 3.11. The lowest BCUT2D eigenvalue weighted by Gasteiger charge is -2.38. The van der Waals surface area contributed by atoms with Gasteiger partial charge in [-0.2, -0.15) is 0 Å². The van der Waals surface area contributed by atoms with Gasteiger partial charge in [-0.1, -0.05) is 28.1 Å². The van der Waals surface area contributed by atoms with Crippen LogP contribution >= 0.6 is 15.9 Å². The fourth-order valence-corrected chi connectivity index (χ4v) is 4.05. The van der Waals surface area contributed by atoms with E-state index < -0.39 is 6.10 Å². The van der Waals surface area contributed by atoms with Gasteiger partial charge in [0.1, 0.15) is 6.10 Å². The quantitative estimate of drug-likeness (QED) is 0.728. The van der Waals surface area contributed by atoms with E-state index in [4.69, 9.17) is 14.2 Å². The van der Waals surface area contributed by atoms with Crippen LogP contribution in [-0.2, 0) is 24.4 Å². The molecule has 1 N–H and O–H groups in total. The Hall–Kier alpha value is -0.950. The molecule has 2 fully saturated rings. The first-order valence-electron chi connectivity index (χ1n) is 9.44. The largest absolute Gasteiger partial charge is 0.381 e. The number of carbonyl (C=O) groups excluding carboxylic acids is 1. The summed E-state index contributed by atoms with van der Waals surface area (Å²) >= 11 is 3.56. The van der Waals surface area contributed by atoms with E-state index in [1.54, 1.807) is 6.92 Å². The molecule has 2 aliphatic rings. The molecule has 0 spiro atoms. The molecule has 144 valence electrons. The molecule has 0 aromatic heterocycles. The van der Waals surface area contributed by atoms with Gasteiger partial charge >= 0.3 is 0 Å². The highest BCUT2D eigenvalue weighted by Crippen LogP contribution is 2.35. The van der Waals surface area contributed by atoms with Crippen molar-refractivity contribution in [3.63, 3.8) is 0 Å². The Kier molecular flexibility index (Phi) is 7.09. The summed E-state index contributed by atoms with van der Waals surface area (Å²) in [5.74, 6) is -0.0659. The summed E-state index contributed by atoms with van der Waals surface area (Å²) in [7, 11) is 0. The standard InChI is InChI=1S/C20H28BrNO4/c1-15(26-13-18-6-3-9-25-18)19(23)22-14-20(7-10-24-11-8-20)16-4-2-5-17(21)12-16/h2,4-5,12,15,18H,3,6-11,13-14H2,1H3,(H,22,23). The highest BCUT2D eigenvalue weighted by atomic mass is 79.9. The van der Waals surface area contributed by atoms with E-state index in [0.717, 1.165) is 36.8 Å². The number of ether oxygens (including phenoxy) is 3. The number of carbonyl (C=O) groups is 1. The van der Waals surface area contributed by atoms with Crippen molar-refractivity contribution in [1.29, 1.82) is 0 Å². The van der Waals surface area contributed by atoms with Crippen LogP contribution in [0.1, 0.15) is 38.2 Å². The van der Waals surface area contributed by atoms with Gasteiger partial charge in [0.25, 0.3) is 0 Å². The van der Waals surface area contributed by atoms with Crippen molar-refractivity contribution >= 4 is 21.8 Å². The number of hydrogen-bond acceptors (Lipinski definition) is 4. The Morgan fingerprint density at radius 1 is 1.38 bits per heavy atom. The fourth-order valence-electron chi connectivity index (χ4n) is 3.65. The van der Waals surface area contributed by atoms with Crippen LogP contribution in [0.15, 0.2) is 28.7 Å². The number of hydrogen-bond donors (Lipinski definition) is 1. The summed E-state index contributed by atoms with van der Waals surface area (Å²) in [4.78, 5) is 12.5. The van der Waals surface area contributed by atoms with E-state index in [9.17, 15) is 4.79 Å². The van der Waals surface area contributed by atoms with Gasteiger partial charge in [-0.3, -0.25) is 4.79 Å². The van der Waals surface area contributed by atoms with Crippen LogP contribution in [0, 0.1) is 0 Å². The minimum absolute atomic E-state index is 0.0659. The summed E-state index contributed by atoms with van der Waals surface area (Å²) in [6.07, 6.45) is 3.54. The number of benzene rings is 1. The third-order valence-corrected chi connectivity index (χ3v) is 5.91. The molecule has 0 saturated carbocycles. The molecule has 1 amide bonds. The first-order valence-corrected chi connectivity index (χ1v) is 10.2. The van der Waals surface area contributed by atoms with Gasteiger partial charge in [0.2, 0.25) is 5.91 Å². The van der Waals surface area contributed by atoms with Crippen molar-refractivity contribution in [2.75, 3.05) is 33.0 Å². The predicted molar refractivity (Wildman–Crippen MR) is 103 cm³/mol. The van der Waals surface area contributed by atoms with E-state index in [-0.39, 0.29) is 17.4 Å². The van der Waals surface area contributed by atoms with E-state index in [1.807, 2.05) is 12.1 Å². The first-order chi connectivity index (χ1) is 12.6. The van der Waals surface area contributed by atoms with Gasteiger partial charge < -0.3 is 19.5 Å². The van der Waals surface area contributed by atoms with Crippen molar-refractivity contribution in [1.82, 2.24) is 5.32 Å². The van der Waals surface area contributed by atoms with Crippen molar-refractivity contribution in [2.24, 2.45) is 0 Å². The third-order valence-electron chi connectivity index (χ3n) is 5.41. The number of halogens is 1. The second kappa shape index (κ2) is 9.31. The van der Waals surface area contributed by atoms with Gasteiger partial charge in [-0.25, -0.2) is 0 Å². The van der Waals surface area contributed by atoms with E-state index in [0.29, 0.717) is 26.4 Å². The zero-order valence-corrected chi connectivity index (χ0v) is 16.9. The number of rotatable bonds is 7. The van der Waals surface area contributed by atoms with Crippen molar-refractivity contribution < 1.29 is 19.0 Å². The molecule has 0 bridgehead atoms. The fraction of sp³-hybridized carbons (Fsp3) is 0.650. The number of amides is 1.